The van der Waals surface area contributed by atoms with Gasteiger partial charge in [-0.3, -0.25) is 9.59 Å². The number of carbonyl (C=O) groups excluding carboxylic acids is 4. The molecule has 0 aromatic carbocycles. The summed E-state index contributed by atoms with van der Waals surface area (Å²) in [4.78, 5) is 45.8. The predicted octanol–water partition coefficient (Wildman–Crippen LogP) is 3.12. The van der Waals surface area contributed by atoms with Crippen LogP contribution in [0.25, 0.3) is 0 Å². The molecule has 0 bridgehead atoms. The van der Waals surface area contributed by atoms with Crippen LogP contribution < -0.4 is 0 Å². The first-order chi connectivity index (χ1) is 9.93. The summed E-state index contributed by atoms with van der Waals surface area (Å²) in [7, 11) is 0. The maximum Gasteiger partial charge on any atom is 0.371 e. The van der Waals surface area contributed by atoms with Gasteiger partial charge in [0, 0.05) is 19.8 Å². The lowest BCUT2D eigenvalue weighted by Crippen LogP contribution is -2.29. The average molecular weight is 332 g/mol. The highest BCUT2D eigenvalue weighted by Gasteiger charge is 2.27. The molecule has 0 saturated carbocycles. The topological polar surface area (TPSA) is 86.7 Å². The van der Waals surface area contributed by atoms with Gasteiger partial charge in [-0.05, 0) is 46.4 Å². The van der Waals surface area contributed by atoms with Gasteiger partial charge in [-0.15, -0.1) is 0 Å². The highest BCUT2D eigenvalue weighted by molar-refractivity contribution is 8.14. The number of ketones is 2. The molecule has 0 heterocycles. The number of Topliss-reactive ketones (excluding diaryl/α,β-unsaturated/α-hetero) is 2. The van der Waals surface area contributed by atoms with Gasteiger partial charge in [0.15, 0.2) is 0 Å². The van der Waals surface area contributed by atoms with E-state index in [1.165, 1.54) is 13.8 Å². The standard InChI is InChI=1S/C15H24O6S/c1-9(16)7-8-12(17)10(2)22-14(19)21-11(3)20-13(18)15(4,5)6/h10-11H,7-8H2,1-6H3/t10?,11-/m1/s1. The van der Waals surface area contributed by atoms with Crippen molar-refractivity contribution >= 4 is 34.6 Å². The fourth-order valence-electron chi connectivity index (χ4n) is 1.23. The summed E-state index contributed by atoms with van der Waals surface area (Å²) in [6.07, 6.45) is -0.754. The Morgan fingerprint density at radius 1 is 1.00 bits per heavy atom. The number of rotatable bonds is 7. The zero-order valence-electron chi connectivity index (χ0n) is 13.9. The van der Waals surface area contributed by atoms with Crippen LogP contribution in [-0.4, -0.2) is 34.4 Å². The van der Waals surface area contributed by atoms with E-state index in [0.717, 1.165) is 0 Å². The summed E-state index contributed by atoms with van der Waals surface area (Å²) in [5, 5.41) is -1.31. The Morgan fingerprint density at radius 2 is 1.55 bits per heavy atom. The van der Waals surface area contributed by atoms with Gasteiger partial charge in [0.2, 0.25) is 6.29 Å². The third kappa shape index (κ3) is 8.81. The minimum Gasteiger partial charge on any atom is -0.425 e. The highest BCUT2D eigenvalue weighted by atomic mass is 32.2. The van der Waals surface area contributed by atoms with E-state index < -0.39 is 28.2 Å². The third-order valence-corrected chi connectivity index (χ3v) is 3.50. The predicted molar refractivity (Wildman–Crippen MR) is 83.5 cm³/mol. The van der Waals surface area contributed by atoms with Gasteiger partial charge < -0.3 is 14.3 Å². The fourth-order valence-corrected chi connectivity index (χ4v) is 1.96. The lowest BCUT2D eigenvalue weighted by Gasteiger charge is -2.20. The van der Waals surface area contributed by atoms with Crippen molar-refractivity contribution in [2.75, 3.05) is 0 Å². The molecule has 0 aliphatic heterocycles. The second-order valence-corrected chi connectivity index (χ2v) is 7.30. The monoisotopic (exact) mass is 332 g/mol. The van der Waals surface area contributed by atoms with Gasteiger partial charge in [0.05, 0.1) is 10.7 Å². The first-order valence-electron chi connectivity index (χ1n) is 7.04. The maximum atomic E-state index is 11.7. The summed E-state index contributed by atoms with van der Waals surface area (Å²) < 4.78 is 9.91. The van der Waals surface area contributed by atoms with Crippen LogP contribution in [0.3, 0.4) is 0 Å². The summed E-state index contributed by atoms with van der Waals surface area (Å²) >= 11 is 0.709. The second-order valence-electron chi connectivity index (χ2n) is 6.02. The molecule has 0 N–H and O–H groups in total. The van der Waals surface area contributed by atoms with E-state index in [4.69, 9.17) is 9.47 Å². The minimum absolute atomic E-state index is 0.0733. The first kappa shape index (κ1) is 20.6. The van der Waals surface area contributed by atoms with Crippen LogP contribution in [0.1, 0.15) is 54.4 Å². The maximum absolute atomic E-state index is 11.7. The molecule has 0 saturated heterocycles. The molecular weight excluding hydrogens is 308 g/mol. The molecule has 0 radical (unpaired) electrons. The Kier molecular flexibility index (Phi) is 8.37. The van der Waals surface area contributed by atoms with Gasteiger partial charge in [0.25, 0.3) is 0 Å². The van der Waals surface area contributed by atoms with E-state index in [0.29, 0.717) is 11.8 Å². The molecule has 6 nitrogen and oxygen atoms in total. The molecule has 0 rings (SSSR count). The zero-order valence-corrected chi connectivity index (χ0v) is 14.7. The molecule has 0 aromatic rings. The number of carbonyl (C=O) groups is 4. The van der Waals surface area contributed by atoms with Gasteiger partial charge in [-0.25, -0.2) is 4.79 Å². The van der Waals surface area contributed by atoms with Crippen molar-refractivity contribution in [3.8, 4) is 0 Å². The quantitative estimate of drug-likeness (QED) is 0.523. The van der Waals surface area contributed by atoms with Crippen molar-refractivity contribution in [1.29, 1.82) is 0 Å². The van der Waals surface area contributed by atoms with Crippen molar-refractivity contribution in [2.45, 2.75) is 65.9 Å². The van der Waals surface area contributed by atoms with Gasteiger partial charge in [0.1, 0.15) is 11.6 Å². The number of hydrogen-bond donors (Lipinski definition) is 0. The van der Waals surface area contributed by atoms with Crippen LogP contribution in [0.5, 0.6) is 0 Å². The van der Waals surface area contributed by atoms with Crippen molar-refractivity contribution in [3.63, 3.8) is 0 Å². The van der Waals surface area contributed by atoms with Crippen LogP contribution in [-0.2, 0) is 23.9 Å². The molecule has 22 heavy (non-hydrogen) atoms. The lowest BCUT2D eigenvalue weighted by molar-refractivity contribution is -0.173. The normalized spacial score (nSPS) is 13.9. The molecule has 0 amide bonds. The van der Waals surface area contributed by atoms with E-state index in [1.807, 2.05) is 0 Å². The summed E-state index contributed by atoms with van der Waals surface area (Å²) in [6, 6.07) is 0. The molecule has 2 atom stereocenters. The summed E-state index contributed by atoms with van der Waals surface area (Å²) in [6.45, 7) is 9.48. The Morgan fingerprint density at radius 3 is 2.00 bits per heavy atom. The van der Waals surface area contributed by atoms with Crippen LogP contribution in [0.4, 0.5) is 4.79 Å². The van der Waals surface area contributed by atoms with E-state index in [2.05, 4.69) is 0 Å². The van der Waals surface area contributed by atoms with Gasteiger partial charge >= 0.3 is 11.3 Å². The van der Waals surface area contributed by atoms with Gasteiger partial charge in [-0.2, -0.15) is 0 Å². The Balaban J connectivity index is 4.24. The van der Waals surface area contributed by atoms with Crippen LogP contribution >= 0.6 is 11.8 Å². The van der Waals surface area contributed by atoms with E-state index in [9.17, 15) is 19.2 Å². The van der Waals surface area contributed by atoms with Crippen molar-refractivity contribution in [3.05, 3.63) is 0 Å². The SMILES string of the molecule is CC(=O)CCC(=O)C(C)SC(=O)O[C@H](C)OC(=O)C(C)(C)C. The average Bonchev–Trinajstić information content (AvgIpc) is 2.33. The molecule has 0 aromatic heterocycles. The van der Waals surface area contributed by atoms with Crippen LogP contribution in [0.15, 0.2) is 0 Å². The van der Waals surface area contributed by atoms with Crippen LogP contribution in [0.2, 0.25) is 0 Å². The second kappa shape index (κ2) is 8.92. The van der Waals surface area contributed by atoms with E-state index >= 15 is 0 Å². The number of ether oxygens (including phenoxy) is 2. The van der Waals surface area contributed by atoms with Crippen molar-refractivity contribution in [2.24, 2.45) is 5.41 Å². The molecule has 0 aliphatic rings. The molecule has 0 fully saturated rings. The molecular formula is C15H24O6S. The summed E-state index contributed by atoms with van der Waals surface area (Å²) in [5.41, 5.74) is -0.691. The number of esters is 1. The van der Waals surface area contributed by atoms with E-state index in [-0.39, 0.29) is 24.4 Å². The first-order valence-corrected chi connectivity index (χ1v) is 7.92. The Labute approximate surface area is 135 Å². The molecule has 126 valence electrons. The molecule has 0 spiro atoms. The zero-order chi connectivity index (χ0) is 17.5. The molecule has 0 aliphatic carbocycles. The van der Waals surface area contributed by atoms with Crippen molar-refractivity contribution < 1.29 is 28.7 Å². The van der Waals surface area contributed by atoms with E-state index in [1.54, 1.807) is 27.7 Å². The van der Waals surface area contributed by atoms with Crippen LogP contribution in [0, 0.1) is 5.41 Å². The lowest BCUT2D eigenvalue weighted by atomic mass is 9.97. The fraction of sp³-hybridized carbons (Fsp3) is 0.733. The number of hydrogen-bond acceptors (Lipinski definition) is 7. The third-order valence-electron chi connectivity index (χ3n) is 2.60. The smallest absolute Gasteiger partial charge is 0.371 e. The highest BCUT2D eigenvalue weighted by Crippen LogP contribution is 2.20. The molecule has 1 unspecified atom stereocenters. The number of thioether (sulfide) groups is 1. The molecule has 7 heteroatoms. The largest absolute Gasteiger partial charge is 0.425 e. The van der Waals surface area contributed by atoms with Gasteiger partial charge in [-0.1, -0.05) is 0 Å². The Hall–Kier alpha value is -1.37. The van der Waals surface area contributed by atoms with Crippen molar-refractivity contribution in [1.82, 2.24) is 0 Å². The summed E-state index contributed by atoms with van der Waals surface area (Å²) in [5.74, 6) is -0.754. The Bertz CT molecular complexity index is 438. The minimum atomic E-state index is -1.02.